The Morgan fingerprint density at radius 2 is 1.88 bits per heavy atom. The minimum atomic E-state index is -4.35. The normalized spacial score (nSPS) is 16.5. The van der Waals surface area contributed by atoms with Crippen molar-refractivity contribution >= 4 is 5.91 Å². The molecule has 0 atom stereocenters. The molecular formula is C25H26F3N3O2. The van der Waals surface area contributed by atoms with Crippen LogP contribution >= 0.6 is 0 Å². The van der Waals surface area contributed by atoms with E-state index in [9.17, 15) is 18.0 Å². The molecule has 1 saturated carbocycles. The van der Waals surface area contributed by atoms with E-state index in [1.54, 1.807) is 18.7 Å². The summed E-state index contributed by atoms with van der Waals surface area (Å²) >= 11 is 0. The van der Waals surface area contributed by atoms with E-state index in [2.05, 4.69) is 16.9 Å². The van der Waals surface area contributed by atoms with Gasteiger partial charge in [-0.2, -0.15) is 13.2 Å². The Balaban J connectivity index is 0.000000459. The number of H-pyrrole nitrogens is 1. The minimum absolute atomic E-state index is 0.186. The molecule has 0 bridgehead atoms. The number of nitrogens with one attached hydrogen (secondary N) is 1. The van der Waals surface area contributed by atoms with Gasteiger partial charge in [0, 0.05) is 29.9 Å². The van der Waals surface area contributed by atoms with Crippen molar-refractivity contribution in [3.05, 3.63) is 72.3 Å². The Labute approximate surface area is 190 Å². The number of hydrogen-bond donors (Lipinski definition) is 1. The van der Waals surface area contributed by atoms with Gasteiger partial charge in [-0.15, -0.1) is 0 Å². The van der Waals surface area contributed by atoms with Crippen LogP contribution in [0.15, 0.2) is 61.2 Å². The van der Waals surface area contributed by atoms with Crippen LogP contribution in [0.1, 0.15) is 37.3 Å². The Kier molecular flexibility index (Phi) is 6.44. The molecule has 2 aromatic carbocycles. The maximum atomic E-state index is 12.9. The summed E-state index contributed by atoms with van der Waals surface area (Å²) in [6.07, 6.45) is 3.47. The van der Waals surface area contributed by atoms with E-state index in [1.807, 2.05) is 23.1 Å². The highest BCUT2D eigenvalue weighted by atomic mass is 19.4. The average Bonchev–Trinajstić information content (AvgIpc) is 3.45. The fourth-order valence-electron chi connectivity index (χ4n) is 4.02. The second-order valence-electron chi connectivity index (χ2n) is 8.37. The number of aromatic amines is 1. The van der Waals surface area contributed by atoms with Crippen LogP contribution in [-0.4, -0.2) is 33.9 Å². The Bertz CT molecular complexity index is 1060. The number of alkyl halides is 3. The molecule has 5 nitrogen and oxygen atoms in total. The number of carbonyl (C=O) groups is 1. The Morgan fingerprint density at radius 1 is 1.15 bits per heavy atom. The predicted molar refractivity (Wildman–Crippen MR) is 118 cm³/mol. The summed E-state index contributed by atoms with van der Waals surface area (Å²) in [5.74, 6) is 0.915. The molecule has 1 aromatic heterocycles. The molecule has 0 spiro atoms. The second kappa shape index (κ2) is 9.29. The van der Waals surface area contributed by atoms with Gasteiger partial charge in [-0.25, -0.2) is 4.98 Å². The molecular weight excluding hydrogens is 431 g/mol. The quantitative estimate of drug-likeness (QED) is 0.550. The highest BCUT2D eigenvalue weighted by Crippen LogP contribution is 2.50. The van der Waals surface area contributed by atoms with Gasteiger partial charge in [-0.1, -0.05) is 25.1 Å². The van der Waals surface area contributed by atoms with E-state index in [0.717, 1.165) is 48.3 Å². The van der Waals surface area contributed by atoms with Crippen molar-refractivity contribution in [3.8, 4) is 16.9 Å². The Morgan fingerprint density at radius 3 is 2.42 bits per heavy atom. The zero-order valence-corrected chi connectivity index (χ0v) is 18.4. The first-order valence-corrected chi connectivity index (χ1v) is 11.0. The van der Waals surface area contributed by atoms with Gasteiger partial charge in [-0.3, -0.25) is 4.79 Å². The second-order valence-corrected chi connectivity index (χ2v) is 8.37. The molecule has 1 aliphatic carbocycles. The monoisotopic (exact) mass is 457 g/mol. The molecule has 174 valence electrons. The van der Waals surface area contributed by atoms with Crippen LogP contribution in [0.4, 0.5) is 13.2 Å². The zero-order valence-electron chi connectivity index (χ0n) is 18.4. The molecule has 1 amide bonds. The highest BCUT2D eigenvalue weighted by Gasteiger charge is 2.50. The number of fused-ring (bicyclic) bond motifs is 1. The molecule has 0 saturated heterocycles. The molecule has 1 aliphatic heterocycles. The summed E-state index contributed by atoms with van der Waals surface area (Å²) in [6.45, 7) is 3.50. The summed E-state index contributed by atoms with van der Waals surface area (Å²) < 4.78 is 44.2. The largest absolute Gasteiger partial charge is 0.491 e. The molecule has 33 heavy (non-hydrogen) atoms. The van der Waals surface area contributed by atoms with Crippen LogP contribution < -0.4 is 4.74 Å². The van der Waals surface area contributed by atoms with E-state index in [4.69, 9.17) is 4.74 Å². The molecule has 2 heterocycles. The van der Waals surface area contributed by atoms with Crippen molar-refractivity contribution in [1.82, 2.24) is 14.9 Å². The minimum Gasteiger partial charge on any atom is -0.491 e. The first kappa shape index (κ1) is 22.9. The van der Waals surface area contributed by atoms with Crippen LogP contribution in [0, 0.1) is 5.41 Å². The molecule has 0 radical (unpaired) electrons. The fourth-order valence-corrected chi connectivity index (χ4v) is 4.02. The lowest BCUT2D eigenvalue weighted by atomic mass is 9.99. The van der Waals surface area contributed by atoms with Crippen LogP contribution in [0.5, 0.6) is 5.75 Å². The highest BCUT2D eigenvalue weighted by molar-refractivity contribution is 5.85. The van der Waals surface area contributed by atoms with Crippen molar-refractivity contribution in [2.24, 2.45) is 5.41 Å². The third-order valence-corrected chi connectivity index (χ3v) is 6.26. The van der Waals surface area contributed by atoms with Gasteiger partial charge in [0.25, 0.3) is 0 Å². The molecule has 8 heteroatoms. The van der Waals surface area contributed by atoms with Crippen LogP contribution in [0.2, 0.25) is 0 Å². The maximum Gasteiger partial charge on any atom is 0.416 e. The summed E-state index contributed by atoms with van der Waals surface area (Å²) in [7, 11) is 0. The lowest BCUT2D eigenvalue weighted by Gasteiger charge is -2.25. The van der Waals surface area contributed by atoms with Gasteiger partial charge in [0.05, 0.1) is 18.4 Å². The van der Waals surface area contributed by atoms with Crippen molar-refractivity contribution in [1.29, 1.82) is 0 Å². The number of aromatic nitrogens is 2. The van der Waals surface area contributed by atoms with E-state index in [1.165, 1.54) is 12.1 Å². The molecule has 5 rings (SSSR count). The van der Waals surface area contributed by atoms with Gasteiger partial charge < -0.3 is 14.6 Å². The SMILES string of the molecule is CCC1(C(=O)N2CCOc3ccc(-c4ccc(C(F)(F)F)cc4)cc3C2)CC1.c1c[nH]cn1. The van der Waals surface area contributed by atoms with Crippen LogP contribution in [0.3, 0.4) is 0 Å². The number of imidazole rings is 1. The van der Waals surface area contributed by atoms with Gasteiger partial charge in [0.15, 0.2) is 0 Å². The van der Waals surface area contributed by atoms with Crippen molar-refractivity contribution in [2.75, 3.05) is 13.2 Å². The fraction of sp³-hybridized carbons (Fsp3) is 0.360. The molecule has 3 aromatic rings. The summed E-state index contributed by atoms with van der Waals surface area (Å²) in [6, 6.07) is 10.7. The van der Waals surface area contributed by atoms with E-state index in [0.29, 0.717) is 25.3 Å². The lowest BCUT2D eigenvalue weighted by Crippen LogP contribution is -2.38. The lowest BCUT2D eigenvalue weighted by molar-refractivity contribution is -0.138. The number of carbonyl (C=O) groups excluding carboxylic acids is 1. The zero-order chi connectivity index (χ0) is 23.5. The van der Waals surface area contributed by atoms with Gasteiger partial charge >= 0.3 is 6.18 Å². The van der Waals surface area contributed by atoms with Crippen molar-refractivity contribution in [3.63, 3.8) is 0 Å². The third-order valence-electron chi connectivity index (χ3n) is 6.26. The van der Waals surface area contributed by atoms with E-state index in [-0.39, 0.29) is 11.3 Å². The summed E-state index contributed by atoms with van der Waals surface area (Å²) in [4.78, 5) is 21.2. The molecule has 1 N–H and O–H groups in total. The van der Waals surface area contributed by atoms with Gasteiger partial charge in [0.2, 0.25) is 5.91 Å². The van der Waals surface area contributed by atoms with Crippen LogP contribution in [-0.2, 0) is 17.5 Å². The van der Waals surface area contributed by atoms with Gasteiger partial charge in [-0.05, 0) is 54.7 Å². The van der Waals surface area contributed by atoms with Crippen molar-refractivity contribution in [2.45, 2.75) is 38.9 Å². The van der Waals surface area contributed by atoms with E-state index < -0.39 is 11.7 Å². The number of rotatable bonds is 3. The standard InChI is InChI=1S/C22H22F3NO2.C3H4N2/c1-2-21(9-10-21)20(27)26-11-12-28-19-8-5-16(13-17(19)14-26)15-3-6-18(7-4-15)22(23,24)25;1-2-5-3-4-1/h3-8,13H,2,9-12,14H2,1H3;1-3H,(H,4,5). The smallest absolute Gasteiger partial charge is 0.416 e. The molecule has 2 aliphatic rings. The molecule has 1 fully saturated rings. The number of amides is 1. The first-order chi connectivity index (χ1) is 15.8. The number of benzene rings is 2. The van der Waals surface area contributed by atoms with Gasteiger partial charge in [0.1, 0.15) is 12.4 Å². The summed E-state index contributed by atoms with van der Waals surface area (Å²) in [5, 5.41) is 0. The number of ether oxygens (including phenoxy) is 1. The number of nitrogens with zero attached hydrogens (tertiary/aromatic N) is 2. The predicted octanol–water partition coefficient (Wildman–Crippen LogP) is 5.69. The summed E-state index contributed by atoms with van der Waals surface area (Å²) in [5.41, 5.74) is 1.53. The molecule has 0 unspecified atom stereocenters. The average molecular weight is 457 g/mol. The maximum absolute atomic E-state index is 12.9. The number of halogens is 3. The first-order valence-electron chi connectivity index (χ1n) is 11.0. The third kappa shape index (κ3) is 5.21. The van der Waals surface area contributed by atoms with E-state index >= 15 is 0 Å². The topological polar surface area (TPSA) is 58.2 Å². The number of hydrogen-bond acceptors (Lipinski definition) is 3. The van der Waals surface area contributed by atoms with Crippen LogP contribution in [0.25, 0.3) is 11.1 Å². The van der Waals surface area contributed by atoms with Crippen molar-refractivity contribution < 1.29 is 22.7 Å². The Hall–Kier alpha value is -3.29.